The molecular weight excluding hydrogens is 686 g/mol. The molecule has 312 valence electrons. The lowest BCUT2D eigenvalue weighted by molar-refractivity contribution is -0.155. The molecule has 0 saturated heterocycles. The first kappa shape index (κ1) is 46.0. The number of esters is 3. The van der Waals surface area contributed by atoms with E-state index in [4.69, 9.17) is 23.7 Å². The predicted molar refractivity (Wildman–Crippen MR) is 211 cm³/mol. The van der Waals surface area contributed by atoms with Crippen LogP contribution in [-0.2, 0) is 38.1 Å². The smallest absolute Gasteiger partial charge is 0.465 e. The van der Waals surface area contributed by atoms with E-state index in [1.54, 1.807) is 0 Å². The highest BCUT2D eigenvalue weighted by Crippen LogP contribution is 2.61. The van der Waals surface area contributed by atoms with Gasteiger partial charge in [0.2, 0.25) is 0 Å². The van der Waals surface area contributed by atoms with Crippen molar-refractivity contribution in [3.05, 3.63) is 0 Å². The molecule has 2 atom stereocenters. The molecule has 4 aliphatic rings. The van der Waals surface area contributed by atoms with Gasteiger partial charge >= 0.3 is 24.1 Å². The Balaban J connectivity index is 1.34. The van der Waals surface area contributed by atoms with Gasteiger partial charge < -0.3 is 28.6 Å². The second kappa shape index (κ2) is 26.5. The molecule has 54 heavy (non-hydrogen) atoms. The molecule has 0 spiro atoms. The molecule has 0 radical (unpaired) electrons. The third kappa shape index (κ3) is 18.5. The van der Waals surface area contributed by atoms with Crippen LogP contribution < -0.4 is 0 Å². The van der Waals surface area contributed by atoms with Gasteiger partial charge in [0.15, 0.2) is 0 Å². The van der Waals surface area contributed by atoms with Gasteiger partial charge in [0, 0.05) is 19.4 Å². The van der Waals surface area contributed by atoms with Crippen LogP contribution in [0.1, 0.15) is 169 Å². The number of nitrogens with zero attached hydrogens (tertiary/aromatic N) is 1. The molecule has 0 aromatic rings. The average Bonchev–Trinajstić information content (AvgIpc) is 3.14. The lowest BCUT2D eigenvalue weighted by Crippen LogP contribution is -2.47. The van der Waals surface area contributed by atoms with Gasteiger partial charge in [-0.3, -0.25) is 14.4 Å². The van der Waals surface area contributed by atoms with E-state index in [9.17, 15) is 19.2 Å². The molecule has 4 bridgehead atoms. The van der Waals surface area contributed by atoms with Crippen LogP contribution in [0.15, 0.2) is 0 Å². The Hall–Kier alpha value is -2.36. The second-order valence-corrected chi connectivity index (χ2v) is 17.1. The minimum Gasteiger partial charge on any atom is -0.465 e. The van der Waals surface area contributed by atoms with E-state index in [1.807, 2.05) is 0 Å². The lowest BCUT2D eigenvalue weighted by Gasteiger charge is -2.56. The Bertz CT molecular complexity index is 1040. The molecule has 0 N–H and O–H groups in total. The highest BCUT2D eigenvalue weighted by atomic mass is 16.7. The minimum absolute atomic E-state index is 0.0115. The Morgan fingerprint density at radius 1 is 0.556 bits per heavy atom. The Morgan fingerprint density at radius 3 is 1.61 bits per heavy atom. The molecule has 4 saturated carbocycles. The molecule has 0 aliphatic heterocycles. The number of carbonyl (C=O) groups is 4. The van der Waals surface area contributed by atoms with Crippen LogP contribution in [0.2, 0.25) is 0 Å². The summed E-state index contributed by atoms with van der Waals surface area (Å²) in [5.74, 6) is 1.56. The highest BCUT2D eigenvalue weighted by Gasteiger charge is 2.51. The van der Waals surface area contributed by atoms with Crippen LogP contribution in [0.25, 0.3) is 0 Å². The fraction of sp³-hybridized carbons (Fsp3) is 0.909. The third-order valence-electron chi connectivity index (χ3n) is 12.2. The molecule has 0 heterocycles. The van der Waals surface area contributed by atoms with Crippen molar-refractivity contribution in [1.29, 1.82) is 0 Å². The van der Waals surface area contributed by atoms with Crippen molar-refractivity contribution in [2.24, 2.45) is 35.0 Å². The summed E-state index contributed by atoms with van der Waals surface area (Å²) < 4.78 is 27.6. The van der Waals surface area contributed by atoms with Gasteiger partial charge in [-0.25, -0.2) is 4.79 Å². The molecule has 10 heteroatoms. The first-order chi connectivity index (χ1) is 26.2. The van der Waals surface area contributed by atoms with Crippen molar-refractivity contribution in [2.45, 2.75) is 169 Å². The summed E-state index contributed by atoms with van der Waals surface area (Å²) in [6, 6.07) is 0. The van der Waals surface area contributed by atoms with Gasteiger partial charge in [-0.15, -0.1) is 0 Å². The highest BCUT2D eigenvalue weighted by molar-refractivity contribution is 5.71. The number of carbonyl (C=O) groups excluding carboxylic acids is 4. The van der Waals surface area contributed by atoms with Gasteiger partial charge in [-0.05, 0) is 113 Å². The fourth-order valence-corrected chi connectivity index (χ4v) is 9.55. The maximum absolute atomic E-state index is 13.1. The normalized spacial score (nSPS) is 22.5. The summed E-state index contributed by atoms with van der Waals surface area (Å²) >= 11 is 0. The standard InChI is InChI=1S/C44H77NO9/c1-5-9-11-14-19-35(18-10-6-2)31-51-40(46)20-15-12-13-16-21-41(47)52-32-39(34-54-43(49)50-23-17-22-45(7-3)8-4)33-53-42(48)30-44-27-36-24-37(28-44)26-38(25-36)29-44/h35-39H,5-34H2,1-4H3. The van der Waals surface area contributed by atoms with E-state index >= 15 is 0 Å². The monoisotopic (exact) mass is 764 g/mol. The number of ether oxygens (including phenoxy) is 5. The first-order valence-corrected chi connectivity index (χ1v) is 22.2. The Labute approximate surface area is 327 Å². The molecule has 4 aliphatic carbocycles. The largest absolute Gasteiger partial charge is 0.508 e. The van der Waals surface area contributed by atoms with Crippen molar-refractivity contribution in [1.82, 2.24) is 4.90 Å². The van der Waals surface area contributed by atoms with E-state index in [0.29, 0.717) is 38.2 Å². The van der Waals surface area contributed by atoms with E-state index in [1.165, 1.54) is 51.4 Å². The van der Waals surface area contributed by atoms with Gasteiger partial charge in [-0.2, -0.15) is 0 Å². The van der Waals surface area contributed by atoms with E-state index in [0.717, 1.165) is 95.2 Å². The van der Waals surface area contributed by atoms with Crippen LogP contribution in [-0.4, -0.2) is 81.6 Å². The zero-order chi connectivity index (χ0) is 39.0. The number of rotatable bonds is 31. The number of hydrogen-bond donors (Lipinski definition) is 0. The lowest BCUT2D eigenvalue weighted by atomic mass is 9.49. The maximum atomic E-state index is 13.1. The molecule has 0 aromatic heterocycles. The third-order valence-corrected chi connectivity index (χ3v) is 12.2. The summed E-state index contributed by atoms with van der Waals surface area (Å²) in [6.45, 7) is 12.1. The van der Waals surface area contributed by atoms with Crippen LogP contribution in [0, 0.1) is 35.0 Å². The molecule has 4 fully saturated rings. The summed E-state index contributed by atoms with van der Waals surface area (Å²) in [5, 5.41) is 0. The number of unbranched alkanes of at least 4 members (excludes halogenated alkanes) is 7. The van der Waals surface area contributed by atoms with Crippen molar-refractivity contribution in [3.8, 4) is 0 Å². The molecular formula is C44H77NO9. The summed E-state index contributed by atoms with van der Waals surface area (Å²) in [5.41, 5.74) is 0.0738. The summed E-state index contributed by atoms with van der Waals surface area (Å²) in [4.78, 5) is 52.8. The van der Waals surface area contributed by atoms with Crippen molar-refractivity contribution in [2.75, 3.05) is 52.7 Å². The van der Waals surface area contributed by atoms with E-state index < -0.39 is 12.1 Å². The van der Waals surface area contributed by atoms with Crippen LogP contribution in [0.5, 0.6) is 0 Å². The average molecular weight is 764 g/mol. The van der Waals surface area contributed by atoms with Crippen molar-refractivity contribution < 1.29 is 42.9 Å². The topological polar surface area (TPSA) is 118 Å². The van der Waals surface area contributed by atoms with Crippen molar-refractivity contribution >= 4 is 24.1 Å². The molecule has 10 nitrogen and oxygen atoms in total. The summed E-state index contributed by atoms with van der Waals surface area (Å²) in [6.07, 6.45) is 21.0. The maximum Gasteiger partial charge on any atom is 0.508 e. The predicted octanol–water partition coefficient (Wildman–Crippen LogP) is 9.84. The molecule has 4 rings (SSSR count). The fourth-order valence-electron chi connectivity index (χ4n) is 9.55. The van der Waals surface area contributed by atoms with E-state index in [-0.39, 0.29) is 56.2 Å². The zero-order valence-corrected chi connectivity index (χ0v) is 34.7. The SMILES string of the molecule is CCCCCCC(CCCC)COC(=O)CCCCCCC(=O)OCC(COC(=O)CC12CC3CC(CC(C3)C1)C2)COC(=O)OCCCN(CC)CC. The quantitative estimate of drug-likeness (QED) is 0.0384. The zero-order valence-electron chi connectivity index (χ0n) is 34.7. The van der Waals surface area contributed by atoms with Gasteiger partial charge in [0.05, 0.1) is 25.6 Å². The molecule has 0 aromatic carbocycles. The van der Waals surface area contributed by atoms with Crippen LogP contribution in [0.3, 0.4) is 0 Å². The first-order valence-electron chi connectivity index (χ1n) is 22.2. The van der Waals surface area contributed by atoms with Crippen molar-refractivity contribution in [3.63, 3.8) is 0 Å². The molecule has 0 amide bonds. The van der Waals surface area contributed by atoms with Gasteiger partial charge in [0.25, 0.3) is 0 Å². The van der Waals surface area contributed by atoms with Crippen LogP contribution in [0.4, 0.5) is 4.79 Å². The van der Waals surface area contributed by atoms with Gasteiger partial charge in [0.1, 0.15) is 19.8 Å². The minimum atomic E-state index is -0.770. The van der Waals surface area contributed by atoms with Gasteiger partial charge in [-0.1, -0.05) is 79.1 Å². The Morgan fingerprint density at radius 2 is 1.06 bits per heavy atom. The molecule has 2 unspecified atom stereocenters. The second-order valence-electron chi connectivity index (χ2n) is 17.1. The summed E-state index contributed by atoms with van der Waals surface area (Å²) in [7, 11) is 0. The van der Waals surface area contributed by atoms with E-state index in [2.05, 4.69) is 32.6 Å². The van der Waals surface area contributed by atoms with Crippen LogP contribution >= 0.6 is 0 Å². The number of hydrogen-bond acceptors (Lipinski definition) is 10. The Kier molecular flexibility index (Phi) is 22.6.